The van der Waals surface area contributed by atoms with Crippen molar-refractivity contribution in [3.63, 3.8) is 0 Å². The largest absolute Gasteiger partial charge is 0.384 e. The molecule has 1 saturated heterocycles. The number of hydrogen-bond acceptors (Lipinski definition) is 5. The quantitative estimate of drug-likeness (QED) is 0.895. The molecular formula is C12H22N6O2. The lowest BCUT2D eigenvalue weighted by molar-refractivity contribution is 0.0990. The Labute approximate surface area is 118 Å². The lowest BCUT2D eigenvalue weighted by Gasteiger charge is -2.23. The number of hydrogen-bond donors (Lipinski definition) is 1. The fraction of sp³-hybridized carbons (Fsp3) is 0.833. The van der Waals surface area contributed by atoms with Crippen molar-refractivity contribution in [2.45, 2.75) is 33.2 Å². The molecule has 1 aliphatic heterocycles. The van der Waals surface area contributed by atoms with E-state index in [1.807, 2.05) is 13.8 Å². The number of anilines is 1. The van der Waals surface area contributed by atoms with Gasteiger partial charge in [-0.3, -0.25) is 5.32 Å². The molecule has 1 aromatic heterocycles. The summed E-state index contributed by atoms with van der Waals surface area (Å²) in [6.45, 7) is 8.05. The number of amides is 2. The SMILES string of the molecule is COCC1(C)CCN(C(=O)Nc2nnn(C(C)C)n2)C1. The summed E-state index contributed by atoms with van der Waals surface area (Å²) < 4.78 is 5.21. The zero-order chi connectivity index (χ0) is 14.8. The molecule has 1 fully saturated rings. The van der Waals surface area contributed by atoms with Gasteiger partial charge in [-0.1, -0.05) is 12.0 Å². The summed E-state index contributed by atoms with van der Waals surface area (Å²) in [5.41, 5.74) is 0.0229. The monoisotopic (exact) mass is 282 g/mol. The van der Waals surface area contributed by atoms with Gasteiger partial charge in [-0.05, 0) is 25.5 Å². The van der Waals surface area contributed by atoms with E-state index in [1.165, 1.54) is 4.80 Å². The maximum absolute atomic E-state index is 12.1. The number of rotatable bonds is 4. The number of likely N-dealkylation sites (tertiary alicyclic amines) is 1. The van der Waals surface area contributed by atoms with Gasteiger partial charge in [-0.2, -0.15) is 4.80 Å². The van der Waals surface area contributed by atoms with Crippen LogP contribution in [0, 0.1) is 5.41 Å². The summed E-state index contributed by atoms with van der Waals surface area (Å²) >= 11 is 0. The molecule has 8 heteroatoms. The second kappa shape index (κ2) is 5.74. The van der Waals surface area contributed by atoms with E-state index in [9.17, 15) is 4.79 Å². The van der Waals surface area contributed by atoms with Crippen molar-refractivity contribution in [1.29, 1.82) is 0 Å². The van der Waals surface area contributed by atoms with Crippen molar-refractivity contribution >= 4 is 12.0 Å². The number of tetrazole rings is 1. The molecule has 0 aliphatic carbocycles. The van der Waals surface area contributed by atoms with E-state index >= 15 is 0 Å². The Kier molecular flexibility index (Phi) is 4.22. The highest BCUT2D eigenvalue weighted by molar-refractivity contribution is 5.87. The van der Waals surface area contributed by atoms with Gasteiger partial charge in [0.05, 0.1) is 12.6 Å². The lowest BCUT2D eigenvalue weighted by atomic mass is 9.91. The first-order valence-corrected chi connectivity index (χ1v) is 6.78. The molecule has 2 rings (SSSR count). The van der Waals surface area contributed by atoms with Crippen LogP contribution in [-0.2, 0) is 4.74 Å². The van der Waals surface area contributed by atoms with Crippen LogP contribution < -0.4 is 5.32 Å². The third kappa shape index (κ3) is 3.24. The van der Waals surface area contributed by atoms with Crippen LogP contribution >= 0.6 is 0 Å². The molecule has 0 spiro atoms. The number of methoxy groups -OCH3 is 1. The van der Waals surface area contributed by atoms with Crippen molar-refractivity contribution < 1.29 is 9.53 Å². The van der Waals surface area contributed by atoms with Gasteiger partial charge in [0.15, 0.2) is 0 Å². The maximum Gasteiger partial charge on any atom is 0.324 e. The van der Waals surface area contributed by atoms with Crippen LogP contribution in [0.1, 0.15) is 33.2 Å². The molecule has 0 aromatic carbocycles. The van der Waals surface area contributed by atoms with E-state index < -0.39 is 0 Å². The molecule has 1 atom stereocenters. The Morgan fingerprint density at radius 3 is 2.90 bits per heavy atom. The molecule has 1 N–H and O–H groups in total. The Hall–Kier alpha value is -1.70. The third-order valence-electron chi connectivity index (χ3n) is 3.45. The summed E-state index contributed by atoms with van der Waals surface area (Å²) in [6, 6.07) is -0.0712. The lowest BCUT2D eigenvalue weighted by Crippen LogP contribution is -2.36. The molecule has 1 aromatic rings. The van der Waals surface area contributed by atoms with Crippen molar-refractivity contribution in [1.82, 2.24) is 25.1 Å². The van der Waals surface area contributed by atoms with Crippen LogP contribution in [0.25, 0.3) is 0 Å². The number of ether oxygens (including phenoxy) is 1. The van der Waals surface area contributed by atoms with Crippen molar-refractivity contribution in [2.24, 2.45) is 5.41 Å². The highest BCUT2D eigenvalue weighted by Gasteiger charge is 2.36. The Morgan fingerprint density at radius 1 is 1.55 bits per heavy atom. The minimum absolute atomic E-state index is 0.0229. The average molecular weight is 282 g/mol. The van der Waals surface area contributed by atoms with E-state index in [4.69, 9.17) is 4.74 Å². The topological polar surface area (TPSA) is 85.2 Å². The highest BCUT2D eigenvalue weighted by Crippen LogP contribution is 2.30. The summed E-state index contributed by atoms with van der Waals surface area (Å²) in [4.78, 5) is 15.4. The number of urea groups is 1. The molecule has 2 amide bonds. The second-order valence-corrected chi connectivity index (χ2v) is 5.87. The molecule has 112 valence electrons. The van der Waals surface area contributed by atoms with Gasteiger partial charge in [0.25, 0.3) is 5.95 Å². The van der Waals surface area contributed by atoms with Gasteiger partial charge in [-0.25, -0.2) is 4.79 Å². The van der Waals surface area contributed by atoms with Crippen molar-refractivity contribution in [3.05, 3.63) is 0 Å². The normalized spacial score (nSPS) is 22.6. The first-order chi connectivity index (χ1) is 9.43. The van der Waals surface area contributed by atoms with E-state index in [-0.39, 0.29) is 23.4 Å². The Balaban J connectivity index is 1.92. The van der Waals surface area contributed by atoms with Crippen LogP contribution in [0.4, 0.5) is 10.7 Å². The third-order valence-corrected chi connectivity index (χ3v) is 3.45. The minimum Gasteiger partial charge on any atom is -0.384 e. The summed E-state index contributed by atoms with van der Waals surface area (Å²) in [5.74, 6) is 0.240. The molecule has 0 saturated carbocycles. The zero-order valence-electron chi connectivity index (χ0n) is 12.5. The van der Waals surface area contributed by atoms with Crippen LogP contribution in [0.3, 0.4) is 0 Å². The number of carbonyl (C=O) groups is 1. The van der Waals surface area contributed by atoms with Crippen LogP contribution in [0.15, 0.2) is 0 Å². The number of nitrogens with zero attached hydrogens (tertiary/aromatic N) is 5. The molecule has 20 heavy (non-hydrogen) atoms. The van der Waals surface area contributed by atoms with E-state index in [2.05, 4.69) is 27.7 Å². The van der Waals surface area contributed by atoms with E-state index in [0.29, 0.717) is 19.7 Å². The minimum atomic E-state index is -0.187. The molecule has 8 nitrogen and oxygen atoms in total. The number of aromatic nitrogens is 4. The molecular weight excluding hydrogens is 260 g/mol. The average Bonchev–Trinajstić information content (AvgIpc) is 2.97. The number of nitrogens with one attached hydrogen (secondary N) is 1. The van der Waals surface area contributed by atoms with E-state index in [1.54, 1.807) is 12.0 Å². The fourth-order valence-electron chi connectivity index (χ4n) is 2.33. The Bertz CT molecular complexity index is 474. The van der Waals surface area contributed by atoms with E-state index in [0.717, 1.165) is 6.42 Å². The highest BCUT2D eigenvalue weighted by atomic mass is 16.5. The first-order valence-electron chi connectivity index (χ1n) is 6.78. The standard InChI is InChI=1S/C12H22N6O2/c1-9(2)18-15-10(14-16-18)13-11(19)17-6-5-12(3,7-17)8-20-4/h9H,5-8H2,1-4H3,(H,13,15,19). The molecule has 0 bridgehead atoms. The van der Waals surface area contributed by atoms with Gasteiger partial charge in [-0.15, -0.1) is 5.10 Å². The Morgan fingerprint density at radius 2 is 2.30 bits per heavy atom. The molecule has 1 aliphatic rings. The molecule has 1 unspecified atom stereocenters. The summed E-state index contributed by atoms with van der Waals surface area (Å²) in [7, 11) is 1.68. The van der Waals surface area contributed by atoms with Crippen LogP contribution in [-0.4, -0.2) is 57.9 Å². The van der Waals surface area contributed by atoms with Gasteiger partial charge < -0.3 is 9.64 Å². The predicted molar refractivity (Wildman–Crippen MR) is 73.4 cm³/mol. The van der Waals surface area contributed by atoms with Gasteiger partial charge in [0, 0.05) is 25.6 Å². The second-order valence-electron chi connectivity index (χ2n) is 5.87. The van der Waals surface area contributed by atoms with Crippen LogP contribution in [0.5, 0.6) is 0 Å². The van der Waals surface area contributed by atoms with Crippen molar-refractivity contribution in [2.75, 3.05) is 32.1 Å². The number of carbonyl (C=O) groups excluding carboxylic acids is 1. The maximum atomic E-state index is 12.1. The van der Waals surface area contributed by atoms with Gasteiger partial charge in [0.2, 0.25) is 0 Å². The van der Waals surface area contributed by atoms with Gasteiger partial charge in [0.1, 0.15) is 0 Å². The fourth-order valence-corrected chi connectivity index (χ4v) is 2.33. The smallest absolute Gasteiger partial charge is 0.324 e. The molecule has 0 radical (unpaired) electrons. The van der Waals surface area contributed by atoms with Crippen molar-refractivity contribution in [3.8, 4) is 0 Å². The first kappa shape index (κ1) is 14.7. The zero-order valence-corrected chi connectivity index (χ0v) is 12.5. The van der Waals surface area contributed by atoms with Gasteiger partial charge >= 0.3 is 6.03 Å². The predicted octanol–water partition coefficient (Wildman–Crippen LogP) is 1.14. The molecule has 2 heterocycles. The summed E-state index contributed by atoms with van der Waals surface area (Å²) in [5, 5.41) is 14.5. The summed E-state index contributed by atoms with van der Waals surface area (Å²) in [6.07, 6.45) is 0.931. The van der Waals surface area contributed by atoms with Crippen LogP contribution in [0.2, 0.25) is 0 Å².